The molecule has 0 spiro atoms. The molecule has 1 unspecified atom stereocenters. The Kier molecular flexibility index (Phi) is 3.59. The van der Waals surface area contributed by atoms with Crippen molar-refractivity contribution < 1.29 is 14.6 Å². The molecule has 1 aliphatic heterocycles. The Hall–Kier alpha value is -0.610. The highest BCUT2D eigenvalue weighted by atomic mass is 16.5. The van der Waals surface area contributed by atoms with Crippen molar-refractivity contribution in [3.63, 3.8) is 0 Å². The molecule has 2 aliphatic rings. The molecule has 1 atom stereocenters. The Morgan fingerprint density at radius 3 is 2.73 bits per heavy atom. The van der Waals surface area contributed by atoms with Gasteiger partial charge in [0, 0.05) is 13.1 Å². The van der Waals surface area contributed by atoms with Crippen LogP contribution in [0.4, 0.5) is 0 Å². The van der Waals surface area contributed by atoms with Crippen LogP contribution in [0.1, 0.15) is 32.1 Å². The predicted octanol–water partition coefficient (Wildman–Crippen LogP) is 0.539. The van der Waals surface area contributed by atoms with Crippen LogP contribution in [0.2, 0.25) is 0 Å². The zero-order valence-corrected chi connectivity index (χ0v) is 9.02. The van der Waals surface area contributed by atoms with Crippen molar-refractivity contribution in [1.29, 1.82) is 0 Å². The second kappa shape index (κ2) is 4.94. The van der Waals surface area contributed by atoms with E-state index in [-0.39, 0.29) is 12.3 Å². The molecule has 86 valence electrons. The molecule has 1 heterocycles. The van der Waals surface area contributed by atoms with Crippen molar-refractivity contribution in [3.05, 3.63) is 0 Å². The molecule has 1 saturated heterocycles. The first-order chi connectivity index (χ1) is 7.25. The minimum absolute atomic E-state index is 0.0533. The zero-order valence-electron chi connectivity index (χ0n) is 9.02. The van der Waals surface area contributed by atoms with E-state index in [4.69, 9.17) is 4.74 Å². The Morgan fingerprint density at radius 1 is 1.40 bits per heavy atom. The van der Waals surface area contributed by atoms with Crippen molar-refractivity contribution in [2.24, 2.45) is 0 Å². The van der Waals surface area contributed by atoms with Gasteiger partial charge in [-0.1, -0.05) is 12.8 Å². The van der Waals surface area contributed by atoms with Gasteiger partial charge >= 0.3 is 0 Å². The average molecular weight is 213 g/mol. The number of nitrogens with zero attached hydrogens (tertiary/aromatic N) is 1. The number of likely N-dealkylation sites (tertiary alicyclic amines) is 1. The van der Waals surface area contributed by atoms with Crippen LogP contribution in [0.15, 0.2) is 0 Å². The molecule has 1 aliphatic carbocycles. The maximum Gasteiger partial charge on any atom is 0.225 e. The summed E-state index contributed by atoms with van der Waals surface area (Å²) in [5, 5.41) is 9.28. The number of β-amino-alcohol motifs (C(OH)–C–C–N with tert-alkyl or cyclic N) is 1. The normalized spacial score (nSPS) is 27.9. The van der Waals surface area contributed by atoms with Gasteiger partial charge in [0.1, 0.15) is 0 Å². The molecule has 2 rings (SSSR count). The highest BCUT2D eigenvalue weighted by Gasteiger charge is 2.27. The summed E-state index contributed by atoms with van der Waals surface area (Å²) >= 11 is 0. The number of hydrogen-bond donors (Lipinski definition) is 1. The minimum Gasteiger partial charge on any atom is -0.391 e. The van der Waals surface area contributed by atoms with Gasteiger partial charge in [-0.2, -0.15) is 0 Å². The zero-order chi connectivity index (χ0) is 10.7. The van der Waals surface area contributed by atoms with E-state index in [0.29, 0.717) is 25.8 Å². The Morgan fingerprint density at radius 2 is 2.13 bits per heavy atom. The van der Waals surface area contributed by atoms with Crippen molar-refractivity contribution in [2.45, 2.75) is 44.3 Å². The summed E-state index contributed by atoms with van der Waals surface area (Å²) in [4.78, 5) is 13.0. The maximum atomic E-state index is 11.3. The molecule has 1 amide bonds. The molecular weight excluding hydrogens is 194 g/mol. The SMILES string of the molecule is O=C1CC(O)CN1CCOC1CCCC1. The van der Waals surface area contributed by atoms with Crippen LogP contribution in [0.25, 0.3) is 0 Å². The Balaban J connectivity index is 1.63. The molecule has 2 fully saturated rings. The fraction of sp³-hybridized carbons (Fsp3) is 0.909. The van der Waals surface area contributed by atoms with E-state index in [1.54, 1.807) is 4.90 Å². The molecule has 0 aromatic heterocycles. The lowest BCUT2D eigenvalue weighted by molar-refractivity contribution is -0.128. The van der Waals surface area contributed by atoms with Crippen molar-refractivity contribution in [1.82, 2.24) is 4.90 Å². The van der Waals surface area contributed by atoms with Gasteiger partial charge < -0.3 is 14.7 Å². The standard InChI is InChI=1S/C11H19NO3/c13-9-7-11(14)12(8-9)5-6-15-10-3-1-2-4-10/h9-10,13H,1-8H2. The van der Waals surface area contributed by atoms with E-state index in [1.165, 1.54) is 12.8 Å². The third-order valence-electron chi connectivity index (χ3n) is 3.21. The fourth-order valence-corrected chi connectivity index (χ4v) is 2.35. The summed E-state index contributed by atoms with van der Waals surface area (Å²) in [6.07, 6.45) is 5.09. The number of rotatable bonds is 4. The molecule has 0 bridgehead atoms. The van der Waals surface area contributed by atoms with E-state index in [2.05, 4.69) is 0 Å². The monoisotopic (exact) mass is 213 g/mol. The average Bonchev–Trinajstić information content (AvgIpc) is 2.77. The smallest absolute Gasteiger partial charge is 0.225 e. The van der Waals surface area contributed by atoms with Crippen LogP contribution in [-0.2, 0) is 9.53 Å². The highest BCUT2D eigenvalue weighted by Crippen LogP contribution is 2.20. The van der Waals surface area contributed by atoms with E-state index in [0.717, 1.165) is 12.8 Å². The van der Waals surface area contributed by atoms with Crippen LogP contribution < -0.4 is 0 Å². The van der Waals surface area contributed by atoms with Crippen LogP contribution >= 0.6 is 0 Å². The van der Waals surface area contributed by atoms with Gasteiger partial charge in [-0.15, -0.1) is 0 Å². The molecule has 1 N–H and O–H groups in total. The Labute approximate surface area is 90.2 Å². The second-order valence-electron chi connectivity index (χ2n) is 4.47. The van der Waals surface area contributed by atoms with Crippen LogP contribution in [0.5, 0.6) is 0 Å². The number of aliphatic hydroxyl groups is 1. The number of hydrogen-bond acceptors (Lipinski definition) is 3. The molecular formula is C11H19NO3. The summed E-state index contributed by atoms with van der Waals surface area (Å²) in [5.41, 5.74) is 0. The molecule has 15 heavy (non-hydrogen) atoms. The molecule has 4 nitrogen and oxygen atoms in total. The van der Waals surface area contributed by atoms with Gasteiger partial charge in [-0.05, 0) is 12.8 Å². The second-order valence-corrected chi connectivity index (χ2v) is 4.47. The lowest BCUT2D eigenvalue weighted by Crippen LogP contribution is -2.30. The number of amides is 1. The number of carbonyl (C=O) groups is 1. The maximum absolute atomic E-state index is 11.3. The summed E-state index contributed by atoms with van der Waals surface area (Å²) in [6.45, 7) is 1.72. The number of carbonyl (C=O) groups excluding carboxylic acids is 1. The molecule has 0 radical (unpaired) electrons. The van der Waals surface area contributed by atoms with Crippen molar-refractivity contribution in [3.8, 4) is 0 Å². The lowest BCUT2D eigenvalue weighted by atomic mass is 10.3. The van der Waals surface area contributed by atoms with Gasteiger partial charge in [0.15, 0.2) is 0 Å². The summed E-state index contributed by atoms with van der Waals surface area (Å²) in [7, 11) is 0. The molecule has 0 aromatic rings. The van der Waals surface area contributed by atoms with E-state index in [1.807, 2.05) is 0 Å². The molecule has 1 saturated carbocycles. The van der Waals surface area contributed by atoms with E-state index in [9.17, 15) is 9.90 Å². The van der Waals surface area contributed by atoms with E-state index < -0.39 is 6.10 Å². The summed E-state index contributed by atoms with van der Waals surface area (Å²) in [5.74, 6) is 0.0533. The van der Waals surface area contributed by atoms with Crippen molar-refractivity contribution >= 4 is 5.91 Å². The van der Waals surface area contributed by atoms with Gasteiger partial charge in [0.05, 0.1) is 25.2 Å². The topological polar surface area (TPSA) is 49.8 Å². The first kappa shape index (κ1) is 10.9. The minimum atomic E-state index is -0.469. The van der Waals surface area contributed by atoms with Crippen LogP contribution in [0.3, 0.4) is 0 Å². The van der Waals surface area contributed by atoms with Gasteiger partial charge in [-0.3, -0.25) is 4.79 Å². The molecule has 4 heteroatoms. The predicted molar refractivity (Wildman–Crippen MR) is 55.4 cm³/mol. The number of ether oxygens (including phenoxy) is 1. The first-order valence-electron chi connectivity index (χ1n) is 5.83. The summed E-state index contributed by atoms with van der Waals surface area (Å²) in [6, 6.07) is 0. The summed E-state index contributed by atoms with van der Waals surface area (Å²) < 4.78 is 5.67. The third kappa shape index (κ3) is 2.92. The van der Waals surface area contributed by atoms with Crippen molar-refractivity contribution in [2.75, 3.05) is 19.7 Å². The van der Waals surface area contributed by atoms with Crippen LogP contribution in [-0.4, -0.2) is 47.8 Å². The fourth-order valence-electron chi connectivity index (χ4n) is 2.35. The van der Waals surface area contributed by atoms with Gasteiger partial charge in [0.2, 0.25) is 5.91 Å². The first-order valence-corrected chi connectivity index (χ1v) is 5.83. The largest absolute Gasteiger partial charge is 0.391 e. The quantitative estimate of drug-likeness (QED) is 0.741. The third-order valence-corrected chi connectivity index (χ3v) is 3.21. The van der Waals surface area contributed by atoms with E-state index >= 15 is 0 Å². The number of aliphatic hydroxyl groups excluding tert-OH is 1. The lowest BCUT2D eigenvalue weighted by Gasteiger charge is -2.17. The molecule has 0 aromatic carbocycles. The Bertz CT molecular complexity index is 226. The van der Waals surface area contributed by atoms with Crippen LogP contribution in [0, 0.1) is 0 Å². The highest BCUT2D eigenvalue weighted by molar-refractivity contribution is 5.78. The van der Waals surface area contributed by atoms with Gasteiger partial charge in [-0.25, -0.2) is 0 Å². The van der Waals surface area contributed by atoms with Gasteiger partial charge in [0.25, 0.3) is 0 Å².